The van der Waals surface area contributed by atoms with Gasteiger partial charge in [0.1, 0.15) is 6.33 Å². The number of carbonyl (C=O) groups excluding carboxylic acids is 1. The number of likely N-dealkylation sites (N-methyl/N-ethyl adjacent to an activating group) is 1. The largest absolute Gasteiger partial charge is 0.348 e. The molecule has 2 atom stereocenters. The number of pyridine rings is 1. The van der Waals surface area contributed by atoms with E-state index in [0.29, 0.717) is 30.2 Å². The molecule has 0 aliphatic carbocycles. The van der Waals surface area contributed by atoms with Crippen LogP contribution in [0.5, 0.6) is 0 Å². The fourth-order valence-electron chi connectivity index (χ4n) is 3.07. The van der Waals surface area contributed by atoms with Crippen molar-refractivity contribution in [3.63, 3.8) is 0 Å². The Morgan fingerprint density at radius 1 is 1.23 bits per heavy atom. The van der Waals surface area contributed by atoms with E-state index in [9.17, 15) is 4.79 Å². The minimum Gasteiger partial charge on any atom is -0.348 e. The quantitative estimate of drug-likeness (QED) is 0.744. The second-order valence-corrected chi connectivity index (χ2v) is 6.18. The number of nitrogens with zero attached hydrogens (tertiary/aromatic N) is 6. The number of hydrogen-bond donors (Lipinski definition) is 1. The maximum absolute atomic E-state index is 12.3. The lowest BCUT2D eigenvalue weighted by atomic mass is 10.1. The summed E-state index contributed by atoms with van der Waals surface area (Å²) in [6.45, 7) is 0.692. The molecule has 0 aromatic carbocycles. The van der Waals surface area contributed by atoms with Crippen LogP contribution in [0.2, 0.25) is 0 Å². The van der Waals surface area contributed by atoms with E-state index >= 15 is 0 Å². The highest BCUT2D eigenvalue weighted by atomic mass is 16.5. The Kier molecular flexibility index (Phi) is 4.36. The number of likely N-dealkylation sites (tertiary alicyclic amines) is 1. The lowest BCUT2D eigenvalue weighted by molar-refractivity contribution is 0.0937. The highest BCUT2D eigenvalue weighted by molar-refractivity contribution is 5.93. The van der Waals surface area contributed by atoms with Crippen LogP contribution in [0.1, 0.15) is 28.7 Å². The summed E-state index contributed by atoms with van der Waals surface area (Å²) in [5.41, 5.74) is 1.29. The molecule has 4 rings (SSSR count). The molecule has 3 aromatic rings. The molecule has 0 unspecified atom stereocenters. The van der Waals surface area contributed by atoms with Gasteiger partial charge in [-0.25, -0.2) is 9.97 Å². The van der Waals surface area contributed by atoms with E-state index < -0.39 is 0 Å². The second kappa shape index (κ2) is 6.96. The molecular formula is C17H17N7O2. The van der Waals surface area contributed by atoms with Crippen LogP contribution in [0.4, 0.5) is 0 Å². The zero-order valence-corrected chi connectivity index (χ0v) is 14.1. The Balaban J connectivity index is 1.44. The van der Waals surface area contributed by atoms with Gasteiger partial charge in [-0.3, -0.25) is 14.7 Å². The van der Waals surface area contributed by atoms with Crippen molar-refractivity contribution < 1.29 is 9.32 Å². The molecule has 1 N–H and O–H groups in total. The summed E-state index contributed by atoms with van der Waals surface area (Å²) in [6.07, 6.45) is 8.45. The molecule has 0 saturated carbocycles. The standard InChI is InChI=1S/C17H17N7O2/c1-24-9-13(21-16(25)12-7-19-10-20-8-12)6-14(24)17-22-15(23-26-17)11-2-4-18-5-3-11/h2-5,7-8,10,13-14H,6,9H2,1H3,(H,21,25)/t13-,14-/m0/s1. The third-order valence-corrected chi connectivity index (χ3v) is 4.37. The molecule has 9 nitrogen and oxygen atoms in total. The van der Waals surface area contributed by atoms with E-state index in [1.54, 1.807) is 12.4 Å². The van der Waals surface area contributed by atoms with Gasteiger partial charge in [0.15, 0.2) is 0 Å². The van der Waals surface area contributed by atoms with Gasteiger partial charge in [0.2, 0.25) is 11.7 Å². The minimum atomic E-state index is -0.187. The first-order valence-electron chi connectivity index (χ1n) is 8.21. The molecule has 1 aliphatic heterocycles. The highest BCUT2D eigenvalue weighted by Crippen LogP contribution is 2.30. The molecule has 0 spiro atoms. The van der Waals surface area contributed by atoms with Gasteiger partial charge in [-0.05, 0) is 25.6 Å². The molecule has 3 aromatic heterocycles. The molecule has 132 valence electrons. The van der Waals surface area contributed by atoms with Crippen molar-refractivity contribution in [1.82, 2.24) is 35.3 Å². The van der Waals surface area contributed by atoms with Crippen molar-refractivity contribution in [1.29, 1.82) is 0 Å². The summed E-state index contributed by atoms with van der Waals surface area (Å²) in [5.74, 6) is 0.886. The number of hydrogen-bond acceptors (Lipinski definition) is 8. The van der Waals surface area contributed by atoms with Crippen LogP contribution in [-0.2, 0) is 0 Å². The van der Waals surface area contributed by atoms with Crippen molar-refractivity contribution in [3.8, 4) is 11.4 Å². The number of nitrogens with one attached hydrogen (secondary N) is 1. The average molecular weight is 351 g/mol. The summed E-state index contributed by atoms with van der Waals surface area (Å²) in [5, 5.41) is 7.06. The van der Waals surface area contributed by atoms with Gasteiger partial charge < -0.3 is 9.84 Å². The van der Waals surface area contributed by atoms with E-state index in [1.807, 2.05) is 19.2 Å². The third-order valence-electron chi connectivity index (χ3n) is 4.37. The second-order valence-electron chi connectivity index (χ2n) is 6.18. The Morgan fingerprint density at radius 2 is 2.00 bits per heavy atom. The van der Waals surface area contributed by atoms with Crippen LogP contribution >= 0.6 is 0 Å². The fourth-order valence-corrected chi connectivity index (χ4v) is 3.07. The number of rotatable bonds is 4. The van der Waals surface area contributed by atoms with Crippen molar-refractivity contribution in [2.75, 3.05) is 13.6 Å². The van der Waals surface area contributed by atoms with Crippen LogP contribution in [0.3, 0.4) is 0 Å². The maximum atomic E-state index is 12.3. The van der Waals surface area contributed by atoms with Crippen molar-refractivity contribution in [3.05, 3.63) is 54.7 Å². The molecule has 1 aliphatic rings. The molecule has 9 heteroatoms. The van der Waals surface area contributed by atoms with E-state index in [4.69, 9.17) is 4.52 Å². The van der Waals surface area contributed by atoms with E-state index in [2.05, 4.69) is 35.3 Å². The molecule has 26 heavy (non-hydrogen) atoms. The first-order chi connectivity index (χ1) is 12.7. The monoisotopic (exact) mass is 351 g/mol. The van der Waals surface area contributed by atoms with Crippen molar-refractivity contribution >= 4 is 5.91 Å². The first-order valence-corrected chi connectivity index (χ1v) is 8.21. The molecular weight excluding hydrogens is 334 g/mol. The average Bonchev–Trinajstić information content (AvgIpc) is 3.30. The summed E-state index contributed by atoms with van der Waals surface area (Å²) in [7, 11) is 1.97. The van der Waals surface area contributed by atoms with Gasteiger partial charge in [0.25, 0.3) is 5.91 Å². The van der Waals surface area contributed by atoms with Crippen molar-refractivity contribution in [2.45, 2.75) is 18.5 Å². The first kappa shape index (κ1) is 16.3. The number of carbonyl (C=O) groups is 1. The van der Waals surface area contributed by atoms with E-state index in [0.717, 1.165) is 5.56 Å². The van der Waals surface area contributed by atoms with Gasteiger partial charge in [0.05, 0.1) is 11.6 Å². The van der Waals surface area contributed by atoms with Gasteiger partial charge in [-0.2, -0.15) is 4.98 Å². The maximum Gasteiger partial charge on any atom is 0.254 e. The molecule has 1 saturated heterocycles. The van der Waals surface area contributed by atoms with E-state index in [-0.39, 0.29) is 18.0 Å². The van der Waals surface area contributed by atoms with E-state index in [1.165, 1.54) is 18.7 Å². The summed E-state index contributed by atoms with van der Waals surface area (Å²) in [4.78, 5) is 30.6. The fraction of sp³-hybridized carbons (Fsp3) is 0.294. The number of aromatic nitrogens is 5. The lowest BCUT2D eigenvalue weighted by Crippen LogP contribution is -2.36. The SMILES string of the molecule is CN1C[C@@H](NC(=O)c2cncnc2)C[C@H]1c1nc(-c2ccncc2)no1. The topological polar surface area (TPSA) is 110 Å². The molecule has 1 amide bonds. The van der Waals surface area contributed by atoms with Crippen LogP contribution in [0.15, 0.2) is 47.8 Å². The minimum absolute atomic E-state index is 0.0195. The Hall–Kier alpha value is -3.20. The predicted molar refractivity (Wildman–Crippen MR) is 90.8 cm³/mol. The van der Waals surface area contributed by atoms with Gasteiger partial charge >= 0.3 is 0 Å². The van der Waals surface area contributed by atoms with Gasteiger partial charge in [-0.15, -0.1) is 0 Å². The van der Waals surface area contributed by atoms with Gasteiger partial charge in [0, 0.05) is 42.9 Å². The summed E-state index contributed by atoms with van der Waals surface area (Å²) >= 11 is 0. The smallest absolute Gasteiger partial charge is 0.254 e. The summed E-state index contributed by atoms with van der Waals surface area (Å²) < 4.78 is 5.46. The number of amides is 1. The zero-order valence-electron chi connectivity index (χ0n) is 14.1. The lowest BCUT2D eigenvalue weighted by Gasteiger charge is -2.14. The van der Waals surface area contributed by atoms with Crippen LogP contribution in [0, 0.1) is 0 Å². The van der Waals surface area contributed by atoms with Crippen LogP contribution < -0.4 is 5.32 Å². The third kappa shape index (κ3) is 3.29. The molecule has 0 bridgehead atoms. The predicted octanol–water partition coefficient (Wildman–Crippen LogP) is 1.10. The summed E-state index contributed by atoms with van der Waals surface area (Å²) in [6, 6.07) is 3.60. The van der Waals surface area contributed by atoms with Crippen LogP contribution in [0.25, 0.3) is 11.4 Å². The highest BCUT2D eigenvalue weighted by Gasteiger charge is 2.35. The normalized spacial score (nSPS) is 20.2. The van der Waals surface area contributed by atoms with Crippen molar-refractivity contribution in [2.24, 2.45) is 0 Å². The molecule has 1 fully saturated rings. The molecule has 4 heterocycles. The van der Waals surface area contributed by atoms with Crippen LogP contribution in [-0.4, -0.2) is 55.5 Å². The zero-order chi connectivity index (χ0) is 17.9. The Bertz CT molecular complexity index is 884. The Labute approximate surface area is 149 Å². The van der Waals surface area contributed by atoms with Gasteiger partial charge in [-0.1, -0.05) is 5.16 Å². The Morgan fingerprint density at radius 3 is 2.77 bits per heavy atom. The molecule has 0 radical (unpaired) electrons.